The van der Waals surface area contributed by atoms with E-state index in [9.17, 15) is 9.18 Å². The summed E-state index contributed by atoms with van der Waals surface area (Å²) in [6.45, 7) is 0. The number of carbonyl (C=O) groups is 1. The van der Waals surface area contributed by atoms with Crippen LogP contribution in [0.15, 0.2) is 36.4 Å². The van der Waals surface area contributed by atoms with Gasteiger partial charge in [-0.15, -0.1) is 0 Å². The number of rotatable bonds is 9. The van der Waals surface area contributed by atoms with E-state index in [0.717, 1.165) is 44.9 Å². The Kier molecular flexibility index (Phi) is 10.3. The Morgan fingerprint density at radius 3 is 2.43 bits per heavy atom. The van der Waals surface area contributed by atoms with Gasteiger partial charge < -0.3 is 4.74 Å². The van der Waals surface area contributed by atoms with Gasteiger partial charge in [0.1, 0.15) is 5.83 Å². The lowest BCUT2D eigenvalue weighted by Crippen LogP contribution is -1.99. The third-order valence-corrected chi connectivity index (χ3v) is 3.51. The molecule has 0 N–H and O–H groups in total. The van der Waals surface area contributed by atoms with E-state index in [2.05, 4.69) is 16.6 Å². The lowest BCUT2D eigenvalue weighted by atomic mass is 10.1. The minimum Gasteiger partial charge on any atom is -0.469 e. The zero-order valence-corrected chi connectivity index (χ0v) is 13.8. The fraction of sp³-hybridized carbons (Fsp3) is 0.450. The predicted octanol–water partition coefficient (Wildman–Crippen LogP) is 5.29. The summed E-state index contributed by atoms with van der Waals surface area (Å²) in [5.41, 5.74) is 0.564. The number of ether oxygens (including phenoxy) is 1. The maximum Gasteiger partial charge on any atom is 0.305 e. The first kappa shape index (κ1) is 19.0. The van der Waals surface area contributed by atoms with Gasteiger partial charge in [-0.25, -0.2) is 4.39 Å². The fourth-order valence-electron chi connectivity index (χ4n) is 2.16. The highest BCUT2D eigenvalue weighted by atomic mass is 19.1. The number of unbranched alkanes of at least 4 members (excludes halogenated alkanes) is 6. The van der Waals surface area contributed by atoms with Gasteiger partial charge >= 0.3 is 5.97 Å². The zero-order valence-electron chi connectivity index (χ0n) is 13.8. The van der Waals surface area contributed by atoms with Gasteiger partial charge in [-0.05, 0) is 12.8 Å². The molecule has 0 spiro atoms. The molecule has 0 heterocycles. The van der Waals surface area contributed by atoms with Gasteiger partial charge in [-0.3, -0.25) is 4.79 Å². The highest BCUT2D eigenvalue weighted by molar-refractivity contribution is 5.68. The normalized spacial score (nSPS) is 10.8. The zero-order chi connectivity index (χ0) is 16.8. The molecule has 23 heavy (non-hydrogen) atoms. The summed E-state index contributed by atoms with van der Waals surface area (Å²) in [5, 5.41) is 0. The van der Waals surface area contributed by atoms with E-state index in [4.69, 9.17) is 0 Å². The molecule has 0 aliphatic heterocycles. The maximum absolute atomic E-state index is 13.7. The van der Waals surface area contributed by atoms with Gasteiger partial charge in [0.05, 0.1) is 7.11 Å². The van der Waals surface area contributed by atoms with Gasteiger partial charge in [-0.2, -0.15) is 0 Å². The number of carbonyl (C=O) groups excluding carboxylic acids is 1. The molecule has 0 bridgehead atoms. The second-order valence-corrected chi connectivity index (χ2v) is 5.38. The first-order valence-corrected chi connectivity index (χ1v) is 8.20. The minimum atomic E-state index is -0.288. The maximum atomic E-state index is 13.7. The molecule has 0 aliphatic rings. The molecule has 3 heteroatoms. The van der Waals surface area contributed by atoms with Crippen LogP contribution in [-0.2, 0) is 9.53 Å². The molecule has 0 amide bonds. The van der Waals surface area contributed by atoms with Gasteiger partial charge in [0, 0.05) is 24.5 Å². The van der Waals surface area contributed by atoms with Crippen LogP contribution in [0.4, 0.5) is 4.39 Å². The topological polar surface area (TPSA) is 26.3 Å². The van der Waals surface area contributed by atoms with Crippen LogP contribution in [0.1, 0.15) is 56.9 Å². The van der Waals surface area contributed by atoms with Crippen molar-refractivity contribution in [2.75, 3.05) is 7.11 Å². The number of benzene rings is 1. The van der Waals surface area contributed by atoms with Crippen molar-refractivity contribution in [3.63, 3.8) is 0 Å². The van der Waals surface area contributed by atoms with Crippen LogP contribution in [0.2, 0.25) is 0 Å². The van der Waals surface area contributed by atoms with Gasteiger partial charge in [0.25, 0.3) is 0 Å². The summed E-state index contributed by atoms with van der Waals surface area (Å²) >= 11 is 0. The van der Waals surface area contributed by atoms with E-state index >= 15 is 0 Å². The average molecular weight is 316 g/mol. The molecule has 0 atom stereocenters. The summed E-state index contributed by atoms with van der Waals surface area (Å²) in [4.78, 5) is 10.9. The Morgan fingerprint density at radius 1 is 1.09 bits per heavy atom. The van der Waals surface area contributed by atoms with Crippen molar-refractivity contribution >= 4 is 11.8 Å². The molecule has 124 valence electrons. The Bertz CT molecular complexity index is 538. The molecule has 0 fully saturated rings. The first-order chi connectivity index (χ1) is 11.2. The molecule has 0 radical (unpaired) electrons. The standard InChI is InChI=1S/C20H25FO2/c1-23-20(22)17-13-8-6-4-2-3-5-7-12-16-19(21)18-14-10-9-11-15-18/h9-11,14-16H,2-6,8,13,17H2,1H3/b19-16+. The SMILES string of the molecule is COC(=O)CCCCCCCCC#C/C=C(/F)c1ccccc1. The number of hydrogen-bond acceptors (Lipinski definition) is 2. The highest BCUT2D eigenvalue weighted by Gasteiger charge is 1.99. The molecular weight excluding hydrogens is 291 g/mol. The van der Waals surface area contributed by atoms with Crippen LogP contribution in [0, 0.1) is 11.8 Å². The molecule has 0 saturated heterocycles. The van der Waals surface area contributed by atoms with Gasteiger partial charge in [0.2, 0.25) is 0 Å². The van der Waals surface area contributed by atoms with Crippen LogP contribution in [0.25, 0.3) is 5.83 Å². The van der Waals surface area contributed by atoms with E-state index in [1.807, 2.05) is 6.07 Å². The Labute approximate surface area is 138 Å². The second-order valence-electron chi connectivity index (χ2n) is 5.38. The molecule has 0 aliphatic carbocycles. The second kappa shape index (κ2) is 12.5. The number of allylic oxidation sites excluding steroid dienone is 1. The number of halogens is 1. The lowest BCUT2D eigenvalue weighted by molar-refractivity contribution is -0.140. The predicted molar refractivity (Wildman–Crippen MR) is 92.3 cm³/mol. The van der Waals surface area contributed by atoms with Crippen LogP contribution >= 0.6 is 0 Å². The van der Waals surface area contributed by atoms with Crippen molar-refractivity contribution < 1.29 is 13.9 Å². The monoisotopic (exact) mass is 316 g/mol. The van der Waals surface area contributed by atoms with E-state index in [1.165, 1.54) is 13.2 Å². The number of hydrogen-bond donors (Lipinski definition) is 0. The highest BCUT2D eigenvalue weighted by Crippen LogP contribution is 2.14. The summed E-state index contributed by atoms with van der Waals surface area (Å²) in [6.07, 6.45) is 9.04. The Hall–Kier alpha value is -2.08. The summed E-state index contributed by atoms with van der Waals surface area (Å²) in [7, 11) is 1.42. The summed E-state index contributed by atoms with van der Waals surface area (Å²) in [5.74, 6) is 5.34. The number of methoxy groups -OCH3 is 1. The average Bonchev–Trinajstić information content (AvgIpc) is 2.59. The molecule has 1 aromatic carbocycles. The minimum absolute atomic E-state index is 0.129. The fourth-order valence-corrected chi connectivity index (χ4v) is 2.16. The molecule has 0 unspecified atom stereocenters. The van der Waals surface area contributed by atoms with Crippen molar-refractivity contribution in [2.24, 2.45) is 0 Å². The third kappa shape index (κ3) is 9.52. The summed E-state index contributed by atoms with van der Waals surface area (Å²) in [6, 6.07) is 8.93. The molecule has 1 aromatic rings. The largest absolute Gasteiger partial charge is 0.469 e. The van der Waals surface area contributed by atoms with E-state index in [-0.39, 0.29) is 11.8 Å². The van der Waals surface area contributed by atoms with Crippen LogP contribution in [0.5, 0.6) is 0 Å². The number of esters is 1. The molecular formula is C20H25FO2. The van der Waals surface area contributed by atoms with E-state index in [1.54, 1.807) is 24.3 Å². The lowest BCUT2D eigenvalue weighted by Gasteiger charge is -2.00. The molecule has 2 nitrogen and oxygen atoms in total. The van der Waals surface area contributed by atoms with E-state index in [0.29, 0.717) is 12.0 Å². The van der Waals surface area contributed by atoms with E-state index < -0.39 is 0 Å². The molecule has 0 aromatic heterocycles. The van der Waals surface area contributed by atoms with Gasteiger partial charge in [-0.1, -0.05) is 67.9 Å². The van der Waals surface area contributed by atoms with Crippen molar-refractivity contribution in [1.82, 2.24) is 0 Å². The van der Waals surface area contributed by atoms with Crippen LogP contribution in [0.3, 0.4) is 0 Å². The molecule has 1 rings (SSSR count). The van der Waals surface area contributed by atoms with Crippen LogP contribution in [-0.4, -0.2) is 13.1 Å². The smallest absolute Gasteiger partial charge is 0.305 e. The third-order valence-electron chi connectivity index (χ3n) is 3.51. The van der Waals surface area contributed by atoms with Crippen molar-refractivity contribution in [3.8, 4) is 11.8 Å². The Balaban J connectivity index is 2.04. The van der Waals surface area contributed by atoms with Gasteiger partial charge in [0.15, 0.2) is 0 Å². The van der Waals surface area contributed by atoms with Crippen molar-refractivity contribution in [3.05, 3.63) is 42.0 Å². The van der Waals surface area contributed by atoms with Crippen molar-refractivity contribution in [2.45, 2.75) is 51.4 Å². The Morgan fingerprint density at radius 2 is 1.74 bits per heavy atom. The quantitative estimate of drug-likeness (QED) is 0.351. The first-order valence-electron chi connectivity index (χ1n) is 8.20. The summed E-state index contributed by atoms with van der Waals surface area (Å²) < 4.78 is 18.3. The van der Waals surface area contributed by atoms with Crippen molar-refractivity contribution in [1.29, 1.82) is 0 Å². The van der Waals surface area contributed by atoms with Crippen LogP contribution < -0.4 is 0 Å². The molecule has 0 saturated carbocycles.